The largest absolute Gasteiger partial charge is 0.465 e. The van der Waals surface area contributed by atoms with Crippen LogP contribution in [0.2, 0.25) is 0 Å². The molecule has 0 amide bonds. The highest BCUT2D eigenvalue weighted by Crippen LogP contribution is 2.20. The van der Waals surface area contributed by atoms with Crippen LogP contribution < -0.4 is 0 Å². The quantitative estimate of drug-likeness (QED) is 0.600. The molecular formula is C12H12ClNO2. The first-order chi connectivity index (χ1) is 7.67. The first-order valence-corrected chi connectivity index (χ1v) is 5.41. The van der Waals surface area contributed by atoms with Gasteiger partial charge in [-0.3, -0.25) is 0 Å². The fraction of sp³-hybridized carbons (Fsp3) is 0.333. The number of esters is 1. The molecule has 0 heterocycles. The van der Waals surface area contributed by atoms with Gasteiger partial charge in [-0.1, -0.05) is 13.0 Å². The van der Waals surface area contributed by atoms with Crippen molar-refractivity contribution in [3.05, 3.63) is 34.4 Å². The number of nitriles is 1. The van der Waals surface area contributed by atoms with Gasteiger partial charge in [-0.15, -0.1) is 11.6 Å². The van der Waals surface area contributed by atoms with E-state index in [1.54, 1.807) is 6.07 Å². The number of halogens is 1. The SMILES string of the molecule is CCc1cc(CCl)c(C#N)c(C(=O)OC)c1. The van der Waals surface area contributed by atoms with Gasteiger partial charge < -0.3 is 4.74 Å². The van der Waals surface area contributed by atoms with Gasteiger partial charge in [-0.05, 0) is 23.6 Å². The van der Waals surface area contributed by atoms with Crippen molar-refractivity contribution in [1.29, 1.82) is 5.26 Å². The molecule has 0 aliphatic carbocycles. The van der Waals surface area contributed by atoms with E-state index in [-0.39, 0.29) is 5.88 Å². The van der Waals surface area contributed by atoms with Gasteiger partial charge in [0.25, 0.3) is 0 Å². The number of nitrogens with zero attached hydrogens (tertiary/aromatic N) is 1. The van der Waals surface area contributed by atoms with E-state index in [1.807, 2.05) is 19.1 Å². The highest BCUT2D eigenvalue weighted by atomic mass is 35.5. The Labute approximate surface area is 99.6 Å². The molecule has 0 aromatic heterocycles. The second-order valence-electron chi connectivity index (χ2n) is 3.27. The van der Waals surface area contributed by atoms with Crippen LogP contribution in [-0.4, -0.2) is 13.1 Å². The lowest BCUT2D eigenvalue weighted by molar-refractivity contribution is 0.0600. The molecule has 0 atom stereocenters. The minimum Gasteiger partial charge on any atom is -0.465 e. The van der Waals surface area contributed by atoms with Crippen LogP contribution >= 0.6 is 11.6 Å². The smallest absolute Gasteiger partial charge is 0.339 e. The van der Waals surface area contributed by atoms with E-state index >= 15 is 0 Å². The van der Waals surface area contributed by atoms with E-state index in [0.29, 0.717) is 16.7 Å². The predicted molar refractivity (Wildman–Crippen MR) is 61.4 cm³/mol. The molecule has 0 unspecified atom stereocenters. The molecule has 0 saturated heterocycles. The molecule has 1 aromatic carbocycles. The van der Waals surface area contributed by atoms with Gasteiger partial charge in [0.2, 0.25) is 0 Å². The summed E-state index contributed by atoms with van der Waals surface area (Å²) in [4.78, 5) is 11.5. The summed E-state index contributed by atoms with van der Waals surface area (Å²) in [6.45, 7) is 1.97. The lowest BCUT2D eigenvalue weighted by atomic mass is 9.98. The van der Waals surface area contributed by atoms with Gasteiger partial charge in [0.15, 0.2) is 0 Å². The minimum absolute atomic E-state index is 0.209. The van der Waals surface area contributed by atoms with Crippen molar-refractivity contribution in [2.75, 3.05) is 7.11 Å². The van der Waals surface area contributed by atoms with Crippen LogP contribution in [0, 0.1) is 11.3 Å². The van der Waals surface area contributed by atoms with Crippen molar-refractivity contribution < 1.29 is 9.53 Å². The number of hydrogen-bond donors (Lipinski definition) is 0. The lowest BCUT2D eigenvalue weighted by Gasteiger charge is -2.08. The first kappa shape index (κ1) is 12.5. The van der Waals surface area contributed by atoms with Gasteiger partial charge in [-0.25, -0.2) is 4.79 Å². The molecule has 16 heavy (non-hydrogen) atoms. The summed E-state index contributed by atoms with van der Waals surface area (Å²) < 4.78 is 4.64. The van der Waals surface area contributed by atoms with Crippen LogP contribution in [0.25, 0.3) is 0 Å². The number of hydrogen-bond acceptors (Lipinski definition) is 3. The average molecular weight is 238 g/mol. The third-order valence-electron chi connectivity index (χ3n) is 2.35. The first-order valence-electron chi connectivity index (χ1n) is 4.88. The summed E-state index contributed by atoms with van der Waals surface area (Å²) in [5, 5.41) is 9.02. The van der Waals surface area contributed by atoms with Crippen molar-refractivity contribution in [2.24, 2.45) is 0 Å². The summed E-state index contributed by atoms with van der Waals surface area (Å²) >= 11 is 5.76. The Hall–Kier alpha value is -1.53. The van der Waals surface area contributed by atoms with Crippen molar-refractivity contribution in [3.63, 3.8) is 0 Å². The molecule has 0 saturated carbocycles. The van der Waals surface area contributed by atoms with Crippen molar-refractivity contribution in [3.8, 4) is 6.07 Å². The lowest BCUT2D eigenvalue weighted by Crippen LogP contribution is -2.07. The van der Waals surface area contributed by atoms with Crippen LogP contribution in [0.4, 0.5) is 0 Å². The van der Waals surface area contributed by atoms with Crippen molar-refractivity contribution >= 4 is 17.6 Å². The van der Waals surface area contributed by atoms with Gasteiger partial charge in [0.1, 0.15) is 6.07 Å². The van der Waals surface area contributed by atoms with E-state index in [0.717, 1.165) is 12.0 Å². The number of methoxy groups -OCH3 is 1. The number of aryl methyl sites for hydroxylation is 1. The number of carbonyl (C=O) groups is 1. The molecule has 0 spiro atoms. The Morgan fingerprint density at radius 1 is 1.56 bits per heavy atom. The highest BCUT2D eigenvalue weighted by molar-refractivity contribution is 6.17. The standard InChI is InChI=1S/C12H12ClNO2/c1-3-8-4-9(6-13)11(7-14)10(5-8)12(15)16-2/h4-5H,3,6H2,1-2H3. The van der Waals surface area contributed by atoms with Crippen molar-refractivity contribution in [2.45, 2.75) is 19.2 Å². The van der Waals surface area contributed by atoms with Gasteiger partial charge in [0, 0.05) is 5.88 Å². The zero-order chi connectivity index (χ0) is 12.1. The maximum Gasteiger partial charge on any atom is 0.339 e. The molecule has 0 aliphatic rings. The Bertz CT molecular complexity index is 449. The monoisotopic (exact) mass is 237 g/mol. The second-order valence-corrected chi connectivity index (χ2v) is 3.54. The molecule has 0 bridgehead atoms. The molecule has 4 heteroatoms. The van der Waals surface area contributed by atoms with Crippen LogP contribution in [0.5, 0.6) is 0 Å². The fourth-order valence-electron chi connectivity index (χ4n) is 1.48. The molecule has 1 aromatic rings. The molecule has 84 valence electrons. The van der Waals surface area contributed by atoms with Crippen LogP contribution in [0.3, 0.4) is 0 Å². The van der Waals surface area contributed by atoms with Crippen LogP contribution in [0.15, 0.2) is 12.1 Å². The Morgan fingerprint density at radius 3 is 2.69 bits per heavy atom. The number of rotatable bonds is 3. The molecule has 0 fully saturated rings. The number of ether oxygens (including phenoxy) is 1. The summed E-state index contributed by atoms with van der Waals surface area (Å²) in [5.74, 6) is -0.293. The maximum absolute atomic E-state index is 11.5. The number of benzene rings is 1. The molecule has 3 nitrogen and oxygen atoms in total. The Balaban J connectivity index is 3.44. The van der Waals surface area contributed by atoms with Gasteiger partial charge in [0.05, 0.1) is 18.2 Å². The van der Waals surface area contributed by atoms with E-state index < -0.39 is 5.97 Å². The summed E-state index contributed by atoms with van der Waals surface area (Å²) in [5.41, 5.74) is 2.23. The number of carbonyl (C=O) groups excluding carboxylic acids is 1. The van der Waals surface area contributed by atoms with Crippen LogP contribution in [-0.2, 0) is 17.0 Å². The molecule has 0 radical (unpaired) electrons. The predicted octanol–water partition coefficient (Wildman–Crippen LogP) is 2.65. The van der Waals surface area contributed by atoms with Crippen LogP contribution in [0.1, 0.15) is 34.0 Å². The molecule has 0 N–H and O–H groups in total. The zero-order valence-corrected chi connectivity index (χ0v) is 9.97. The van der Waals surface area contributed by atoms with E-state index in [4.69, 9.17) is 16.9 Å². The Kier molecular flexibility index (Phi) is 4.33. The minimum atomic E-state index is -0.502. The number of alkyl halides is 1. The van der Waals surface area contributed by atoms with Crippen molar-refractivity contribution in [1.82, 2.24) is 0 Å². The van der Waals surface area contributed by atoms with Gasteiger partial charge in [-0.2, -0.15) is 5.26 Å². The molecule has 1 rings (SSSR count). The molecular weight excluding hydrogens is 226 g/mol. The molecule has 0 aliphatic heterocycles. The average Bonchev–Trinajstić information content (AvgIpc) is 2.35. The third-order valence-corrected chi connectivity index (χ3v) is 2.64. The summed E-state index contributed by atoms with van der Waals surface area (Å²) in [6, 6.07) is 5.52. The zero-order valence-electron chi connectivity index (χ0n) is 9.21. The highest BCUT2D eigenvalue weighted by Gasteiger charge is 2.16. The third kappa shape index (κ3) is 2.34. The Morgan fingerprint density at radius 2 is 2.25 bits per heavy atom. The topological polar surface area (TPSA) is 50.1 Å². The summed E-state index contributed by atoms with van der Waals surface area (Å²) in [6.07, 6.45) is 0.777. The maximum atomic E-state index is 11.5. The fourth-order valence-corrected chi connectivity index (χ4v) is 1.69. The second kappa shape index (κ2) is 5.53. The van der Waals surface area contributed by atoms with E-state index in [2.05, 4.69) is 4.74 Å². The van der Waals surface area contributed by atoms with Gasteiger partial charge >= 0.3 is 5.97 Å². The van der Waals surface area contributed by atoms with E-state index in [9.17, 15) is 4.79 Å². The van der Waals surface area contributed by atoms with E-state index in [1.165, 1.54) is 7.11 Å². The summed E-state index contributed by atoms with van der Waals surface area (Å²) in [7, 11) is 1.29. The normalized spacial score (nSPS) is 9.62.